The summed E-state index contributed by atoms with van der Waals surface area (Å²) < 4.78 is 0. The molecule has 0 aliphatic carbocycles. The van der Waals surface area contributed by atoms with Crippen molar-refractivity contribution in [1.29, 1.82) is 0 Å². The first-order valence-electron chi connectivity index (χ1n) is 6.14. The van der Waals surface area contributed by atoms with Gasteiger partial charge in [-0.1, -0.05) is 40.9 Å². The predicted molar refractivity (Wildman–Crippen MR) is 81.3 cm³/mol. The van der Waals surface area contributed by atoms with E-state index in [1.807, 2.05) is 27.7 Å². The van der Waals surface area contributed by atoms with E-state index in [9.17, 15) is 4.79 Å². The van der Waals surface area contributed by atoms with Crippen LogP contribution in [0.15, 0.2) is 25.6 Å². The van der Waals surface area contributed by atoms with Crippen molar-refractivity contribution in [2.75, 3.05) is 0 Å². The molecule has 0 saturated heterocycles. The second-order valence-corrected chi connectivity index (χ2v) is 2.64. The summed E-state index contributed by atoms with van der Waals surface area (Å²) in [4.78, 5) is 17.5. The third-order valence-electron chi connectivity index (χ3n) is 1.14. The van der Waals surface area contributed by atoms with Crippen LogP contribution in [0.3, 0.4) is 0 Å². The summed E-state index contributed by atoms with van der Waals surface area (Å²) in [6.45, 7) is 18.2. The standard InChI is InChI=1S/C8H8N2.C3H6O.2C2H6/c1-3-7-8(4-2)10-6-5-9-7;1-3(2)4;2*1-2/h3-6H,1-2H2;1-2H3;2*1-2H3. The van der Waals surface area contributed by atoms with Crippen LogP contribution in [0.1, 0.15) is 52.9 Å². The summed E-state index contributed by atoms with van der Waals surface area (Å²) in [5, 5.41) is 0. The summed E-state index contributed by atoms with van der Waals surface area (Å²) in [6, 6.07) is 0. The zero-order valence-corrected chi connectivity index (χ0v) is 12.5. The lowest BCUT2D eigenvalue weighted by atomic mass is 10.3. The first-order valence-corrected chi connectivity index (χ1v) is 6.14. The number of hydrogen-bond donors (Lipinski definition) is 0. The van der Waals surface area contributed by atoms with Crippen LogP contribution in [0.5, 0.6) is 0 Å². The van der Waals surface area contributed by atoms with Crippen LogP contribution in [0.4, 0.5) is 0 Å². The lowest BCUT2D eigenvalue weighted by molar-refractivity contribution is -0.114. The fourth-order valence-corrected chi connectivity index (χ4v) is 0.674. The number of Topliss-reactive ketones (excluding diaryl/α,β-unsaturated/α-hetero) is 1. The fraction of sp³-hybridized carbons (Fsp3) is 0.400. The molecule has 0 atom stereocenters. The molecule has 1 heterocycles. The van der Waals surface area contributed by atoms with Gasteiger partial charge in [0.25, 0.3) is 0 Å². The van der Waals surface area contributed by atoms with Crippen molar-refractivity contribution in [1.82, 2.24) is 9.97 Å². The van der Waals surface area contributed by atoms with Crippen molar-refractivity contribution < 1.29 is 4.79 Å². The van der Waals surface area contributed by atoms with Crippen molar-refractivity contribution in [3.8, 4) is 0 Å². The van der Waals surface area contributed by atoms with Gasteiger partial charge >= 0.3 is 0 Å². The molecule has 0 aliphatic rings. The van der Waals surface area contributed by atoms with Crippen molar-refractivity contribution in [2.24, 2.45) is 0 Å². The van der Waals surface area contributed by atoms with Crippen LogP contribution in [-0.4, -0.2) is 15.8 Å². The van der Waals surface area contributed by atoms with Gasteiger partial charge in [0.05, 0.1) is 11.4 Å². The van der Waals surface area contributed by atoms with Crippen LogP contribution in [0, 0.1) is 0 Å². The number of carbonyl (C=O) groups excluding carboxylic acids is 1. The largest absolute Gasteiger partial charge is 0.300 e. The molecule has 1 aromatic rings. The minimum atomic E-state index is 0.167. The van der Waals surface area contributed by atoms with Gasteiger partial charge in [0.2, 0.25) is 0 Å². The van der Waals surface area contributed by atoms with E-state index < -0.39 is 0 Å². The first-order chi connectivity index (χ1) is 8.61. The molecule has 0 amide bonds. The molecular formula is C15H26N2O. The van der Waals surface area contributed by atoms with Crippen LogP contribution >= 0.6 is 0 Å². The van der Waals surface area contributed by atoms with Gasteiger partial charge in [-0.3, -0.25) is 9.97 Å². The third-order valence-corrected chi connectivity index (χ3v) is 1.14. The van der Waals surface area contributed by atoms with Gasteiger partial charge in [-0.2, -0.15) is 0 Å². The van der Waals surface area contributed by atoms with Gasteiger partial charge in [-0.05, 0) is 26.0 Å². The molecule has 1 aromatic heterocycles. The molecule has 18 heavy (non-hydrogen) atoms. The van der Waals surface area contributed by atoms with Crippen LogP contribution < -0.4 is 0 Å². The summed E-state index contributed by atoms with van der Waals surface area (Å²) in [7, 11) is 0. The normalized spacial score (nSPS) is 7.00. The van der Waals surface area contributed by atoms with E-state index in [-0.39, 0.29) is 5.78 Å². The second-order valence-electron chi connectivity index (χ2n) is 2.64. The smallest absolute Gasteiger partial charge is 0.126 e. The Kier molecular flexibility index (Phi) is 21.1. The van der Waals surface area contributed by atoms with E-state index in [4.69, 9.17) is 0 Å². The Hall–Kier alpha value is -1.77. The zero-order chi connectivity index (χ0) is 15.0. The van der Waals surface area contributed by atoms with E-state index in [0.29, 0.717) is 0 Å². The van der Waals surface area contributed by atoms with E-state index in [2.05, 4.69) is 23.1 Å². The van der Waals surface area contributed by atoms with Crippen molar-refractivity contribution in [3.05, 3.63) is 36.9 Å². The summed E-state index contributed by atoms with van der Waals surface area (Å²) >= 11 is 0. The Labute approximate surface area is 112 Å². The molecule has 0 radical (unpaired) electrons. The maximum atomic E-state index is 9.44. The number of carbonyl (C=O) groups is 1. The fourth-order valence-electron chi connectivity index (χ4n) is 0.674. The maximum absolute atomic E-state index is 9.44. The minimum Gasteiger partial charge on any atom is -0.300 e. The van der Waals surface area contributed by atoms with Crippen molar-refractivity contribution in [2.45, 2.75) is 41.5 Å². The summed E-state index contributed by atoms with van der Waals surface area (Å²) in [5.41, 5.74) is 1.55. The van der Waals surface area contributed by atoms with Crippen molar-refractivity contribution in [3.63, 3.8) is 0 Å². The van der Waals surface area contributed by atoms with Crippen molar-refractivity contribution >= 4 is 17.9 Å². The van der Waals surface area contributed by atoms with E-state index in [0.717, 1.165) is 11.4 Å². The Balaban J connectivity index is -0.000000238. The molecule has 3 nitrogen and oxygen atoms in total. The minimum absolute atomic E-state index is 0.167. The highest BCUT2D eigenvalue weighted by Gasteiger charge is 1.93. The van der Waals surface area contributed by atoms with Crippen LogP contribution in [0.2, 0.25) is 0 Å². The monoisotopic (exact) mass is 250 g/mol. The average molecular weight is 250 g/mol. The van der Waals surface area contributed by atoms with Gasteiger partial charge in [-0.25, -0.2) is 0 Å². The van der Waals surface area contributed by atoms with Crippen LogP contribution in [-0.2, 0) is 4.79 Å². The second kappa shape index (κ2) is 17.6. The molecular weight excluding hydrogens is 224 g/mol. The number of hydrogen-bond acceptors (Lipinski definition) is 3. The first kappa shape index (κ1) is 21.5. The lowest BCUT2D eigenvalue weighted by Crippen LogP contribution is -1.87. The van der Waals surface area contributed by atoms with E-state index in [1.54, 1.807) is 24.5 Å². The molecule has 0 aromatic carbocycles. The Morgan fingerprint density at radius 3 is 1.33 bits per heavy atom. The Morgan fingerprint density at radius 1 is 0.944 bits per heavy atom. The number of nitrogens with zero attached hydrogens (tertiary/aromatic N) is 2. The average Bonchev–Trinajstić information content (AvgIpc) is 2.42. The van der Waals surface area contributed by atoms with Gasteiger partial charge in [0, 0.05) is 12.4 Å². The molecule has 0 spiro atoms. The van der Waals surface area contributed by atoms with Crippen LogP contribution in [0.25, 0.3) is 12.2 Å². The molecule has 0 bridgehead atoms. The van der Waals surface area contributed by atoms with Gasteiger partial charge < -0.3 is 4.79 Å². The van der Waals surface area contributed by atoms with E-state index >= 15 is 0 Å². The number of rotatable bonds is 2. The summed E-state index contributed by atoms with van der Waals surface area (Å²) in [5.74, 6) is 0.167. The topological polar surface area (TPSA) is 42.9 Å². The predicted octanol–water partition coefficient (Wildman–Crippen LogP) is 4.41. The highest BCUT2D eigenvalue weighted by molar-refractivity contribution is 5.72. The zero-order valence-electron chi connectivity index (χ0n) is 12.5. The lowest BCUT2D eigenvalue weighted by Gasteiger charge is -1.94. The molecule has 0 N–H and O–H groups in total. The molecule has 102 valence electrons. The molecule has 0 fully saturated rings. The summed E-state index contributed by atoms with van der Waals surface area (Å²) in [6.07, 6.45) is 6.57. The number of ketones is 1. The molecule has 1 rings (SSSR count). The third kappa shape index (κ3) is 14.2. The molecule has 3 heteroatoms. The number of aromatic nitrogens is 2. The maximum Gasteiger partial charge on any atom is 0.126 e. The van der Waals surface area contributed by atoms with Gasteiger partial charge in [0.15, 0.2) is 0 Å². The molecule has 0 unspecified atom stereocenters. The van der Waals surface area contributed by atoms with E-state index in [1.165, 1.54) is 13.8 Å². The van der Waals surface area contributed by atoms with Gasteiger partial charge in [0.1, 0.15) is 5.78 Å². The Morgan fingerprint density at radius 2 is 1.17 bits per heavy atom. The molecule has 0 saturated carbocycles. The quantitative estimate of drug-likeness (QED) is 0.780. The van der Waals surface area contributed by atoms with Gasteiger partial charge in [-0.15, -0.1) is 0 Å². The SMILES string of the molecule is C=Cc1nccnc1C=C.CC.CC.CC(C)=O. The highest BCUT2D eigenvalue weighted by Crippen LogP contribution is 2.02. The molecule has 0 aliphatic heterocycles. The highest BCUT2D eigenvalue weighted by atomic mass is 16.1. The Bertz CT molecular complexity index is 302.